The zero-order valence-corrected chi connectivity index (χ0v) is 15.0. The van der Waals surface area contributed by atoms with Crippen LogP contribution in [0, 0.1) is 12.8 Å². The lowest BCUT2D eigenvalue weighted by atomic mass is 10.0. The summed E-state index contributed by atoms with van der Waals surface area (Å²) in [5.74, 6) is 0.328. The molecule has 26 heavy (non-hydrogen) atoms. The largest absolute Gasteiger partial charge is 0.452 e. The fraction of sp³-hybridized carbons (Fsp3) is 0.182. The van der Waals surface area contributed by atoms with E-state index in [1.165, 1.54) is 0 Å². The number of rotatable bonds is 4. The average Bonchev–Trinajstić information content (AvgIpc) is 2.92. The highest BCUT2D eigenvalue weighted by atomic mass is 16.5. The van der Waals surface area contributed by atoms with Gasteiger partial charge in [-0.2, -0.15) is 0 Å². The van der Waals surface area contributed by atoms with Crippen LogP contribution in [0.4, 0.5) is 0 Å². The van der Waals surface area contributed by atoms with Gasteiger partial charge in [0.25, 0.3) is 0 Å². The first-order chi connectivity index (χ1) is 12.5. The van der Waals surface area contributed by atoms with Crippen LogP contribution in [0.15, 0.2) is 60.4 Å². The van der Waals surface area contributed by atoms with Crippen molar-refractivity contribution in [2.75, 3.05) is 0 Å². The van der Waals surface area contributed by atoms with Gasteiger partial charge in [-0.15, -0.1) is 0 Å². The van der Waals surface area contributed by atoms with E-state index >= 15 is 0 Å². The molecule has 1 aliphatic rings. The van der Waals surface area contributed by atoms with Crippen LogP contribution in [0.25, 0.3) is 6.08 Å². The molecule has 1 aliphatic heterocycles. The normalized spacial score (nSPS) is 14.8. The van der Waals surface area contributed by atoms with E-state index < -0.39 is 0 Å². The quantitative estimate of drug-likeness (QED) is 0.455. The number of allylic oxidation sites excluding steroid dienone is 3. The zero-order chi connectivity index (χ0) is 18.7. The Hall–Kier alpha value is -3.14. The molecule has 0 aromatic heterocycles. The van der Waals surface area contributed by atoms with Gasteiger partial charge in [0, 0.05) is 6.07 Å². The van der Waals surface area contributed by atoms with Crippen molar-refractivity contribution in [1.29, 1.82) is 0 Å². The maximum absolute atomic E-state index is 12.6. The third-order valence-corrected chi connectivity index (χ3v) is 3.97. The van der Waals surface area contributed by atoms with E-state index in [9.17, 15) is 9.59 Å². The van der Waals surface area contributed by atoms with Crippen LogP contribution in [-0.2, 0) is 4.79 Å². The van der Waals surface area contributed by atoms with Crippen LogP contribution in [0.2, 0.25) is 0 Å². The lowest BCUT2D eigenvalue weighted by molar-refractivity contribution is -0.137. The third kappa shape index (κ3) is 3.75. The van der Waals surface area contributed by atoms with Crippen LogP contribution in [0.5, 0.6) is 11.5 Å². The summed E-state index contributed by atoms with van der Waals surface area (Å²) in [5, 5.41) is 0. The number of hydrogen-bond donors (Lipinski definition) is 0. The molecule has 0 saturated carbocycles. The number of carbonyl (C=O) groups is 2. The van der Waals surface area contributed by atoms with Crippen molar-refractivity contribution in [2.24, 2.45) is 5.92 Å². The molecule has 0 aliphatic carbocycles. The molecule has 0 saturated heterocycles. The third-order valence-electron chi connectivity index (χ3n) is 3.97. The number of ether oxygens (including phenoxy) is 2. The van der Waals surface area contributed by atoms with Gasteiger partial charge < -0.3 is 9.47 Å². The first kappa shape index (κ1) is 17.7. The van der Waals surface area contributed by atoms with Gasteiger partial charge in [0.15, 0.2) is 5.76 Å². The molecule has 0 atom stereocenters. The Bertz CT molecular complexity index is 905. The summed E-state index contributed by atoms with van der Waals surface area (Å²) >= 11 is 0. The Morgan fingerprint density at radius 3 is 2.58 bits per heavy atom. The Balaban J connectivity index is 1.82. The van der Waals surface area contributed by atoms with Crippen LogP contribution in [-0.4, -0.2) is 11.8 Å². The van der Waals surface area contributed by atoms with Gasteiger partial charge in [-0.1, -0.05) is 56.3 Å². The van der Waals surface area contributed by atoms with Crippen molar-refractivity contribution in [3.8, 4) is 11.5 Å². The van der Waals surface area contributed by atoms with Crippen LogP contribution in [0.3, 0.4) is 0 Å². The summed E-state index contributed by atoms with van der Waals surface area (Å²) in [6.45, 7) is 5.33. The molecular weight excluding hydrogens is 328 g/mol. The lowest BCUT2D eigenvalue weighted by Gasteiger charge is -2.09. The number of benzene rings is 2. The second-order valence-electron chi connectivity index (χ2n) is 6.42. The first-order valence-electron chi connectivity index (χ1n) is 8.48. The number of Topliss-reactive ketones (excluding diaryl/α,β-unsaturated/α-hetero) is 1. The molecule has 0 amide bonds. The smallest absolute Gasteiger partial charge is 0.313 e. The van der Waals surface area contributed by atoms with E-state index in [4.69, 9.17) is 9.47 Å². The SMILES string of the molecule is Cc1cc(OC(=O)C(C)C)cc2c1C(=O)/C(=C/C=C/c1ccccc1)O2. The molecule has 0 N–H and O–H groups in total. The minimum atomic E-state index is -0.324. The van der Waals surface area contributed by atoms with Gasteiger partial charge in [0.2, 0.25) is 5.78 Å². The second kappa shape index (κ2) is 7.40. The fourth-order valence-electron chi connectivity index (χ4n) is 2.60. The summed E-state index contributed by atoms with van der Waals surface area (Å²) in [6, 6.07) is 13.1. The predicted octanol–water partition coefficient (Wildman–Crippen LogP) is 4.73. The minimum absolute atomic E-state index is 0.169. The van der Waals surface area contributed by atoms with E-state index in [1.807, 2.05) is 36.4 Å². The van der Waals surface area contributed by atoms with Gasteiger partial charge >= 0.3 is 5.97 Å². The zero-order valence-electron chi connectivity index (χ0n) is 15.0. The predicted molar refractivity (Wildman–Crippen MR) is 100 cm³/mol. The summed E-state index contributed by atoms with van der Waals surface area (Å²) in [6.07, 6.45) is 5.33. The van der Waals surface area contributed by atoms with Gasteiger partial charge in [0.1, 0.15) is 11.5 Å². The summed E-state index contributed by atoms with van der Waals surface area (Å²) < 4.78 is 11.0. The lowest BCUT2D eigenvalue weighted by Crippen LogP contribution is -2.14. The molecule has 0 fully saturated rings. The highest BCUT2D eigenvalue weighted by molar-refractivity contribution is 6.13. The molecule has 0 unspecified atom stereocenters. The second-order valence-corrected chi connectivity index (χ2v) is 6.42. The number of hydrogen-bond acceptors (Lipinski definition) is 4. The van der Waals surface area contributed by atoms with E-state index in [-0.39, 0.29) is 23.4 Å². The summed E-state index contributed by atoms with van der Waals surface area (Å²) in [4.78, 5) is 24.3. The molecule has 0 spiro atoms. The first-order valence-corrected chi connectivity index (χ1v) is 8.48. The molecule has 4 heteroatoms. The Kier molecular flexibility index (Phi) is 5.03. The molecule has 4 nitrogen and oxygen atoms in total. The number of ketones is 1. The van der Waals surface area contributed by atoms with Crippen molar-refractivity contribution in [3.05, 3.63) is 77.1 Å². The Morgan fingerprint density at radius 2 is 1.88 bits per heavy atom. The van der Waals surface area contributed by atoms with E-state index in [2.05, 4.69) is 0 Å². The van der Waals surface area contributed by atoms with Gasteiger partial charge in [-0.3, -0.25) is 9.59 Å². The standard InChI is InChI=1S/C22H20O4/c1-14(2)22(24)25-17-12-15(3)20-19(13-17)26-18(21(20)23)11-7-10-16-8-5-4-6-9-16/h4-14H,1-3H3/b10-7+,18-11-. The number of aryl methyl sites for hydroxylation is 1. The Morgan fingerprint density at radius 1 is 1.15 bits per heavy atom. The molecule has 0 radical (unpaired) electrons. The van der Waals surface area contributed by atoms with Gasteiger partial charge in [-0.05, 0) is 30.2 Å². The highest BCUT2D eigenvalue weighted by Crippen LogP contribution is 2.37. The van der Waals surface area contributed by atoms with Crippen molar-refractivity contribution in [3.63, 3.8) is 0 Å². The van der Waals surface area contributed by atoms with Crippen LogP contribution < -0.4 is 9.47 Å². The van der Waals surface area contributed by atoms with Gasteiger partial charge in [-0.25, -0.2) is 0 Å². The Labute approximate surface area is 152 Å². The molecule has 3 rings (SSSR count). The number of fused-ring (bicyclic) bond motifs is 1. The fourth-order valence-corrected chi connectivity index (χ4v) is 2.60. The molecule has 2 aromatic rings. The maximum Gasteiger partial charge on any atom is 0.313 e. The van der Waals surface area contributed by atoms with E-state index in [0.29, 0.717) is 17.1 Å². The summed E-state index contributed by atoms with van der Waals surface area (Å²) in [5.41, 5.74) is 2.26. The highest BCUT2D eigenvalue weighted by Gasteiger charge is 2.30. The van der Waals surface area contributed by atoms with E-state index in [1.54, 1.807) is 45.1 Å². The monoisotopic (exact) mass is 348 g/mol. The molecule has 132 valence electrons. The van der Waals surface area contributed by atoms with Crippen molar-refractivity contribution in [2.45, 2.75) is 20.8 Å². The minimum Gasteiger partial charge on any atom is -0.452 e. The van der Waals surface area contributed by atoms with Crippen molar-refractivity contribution >= 4 is 17.8 Å². The maximum atomic E-state index is 12.6. The number of carbonyl (C=O) groups excluding carboxylic acids is 2. The van der Waals surface area contributed by atoms with Crippen molar-refractivity contribution in [1.82, 2.24) is 0 Å². The summed E-state index contributed by atoms with van der Waals surface area (Å²) in [7, 11) is 0. The van der Waals surface area contributed by atoms with Crippen molar-refractivity contribution < 1.29 is 19.1 Å². The number of esters is 1. The average molecular weight is 348 g/mol. The van der Waals surface area contributed by atoms with Crippen LogP contribution >= 0.6 is 0 Å². The molecule has 1 heterocycles. The molecule has 0 bridgehead atoms. The van der Waals surface area contributed by atoms with Gasteiger partial charge in [0.05, 0.1) is 11.5 Å². The molecular formula is C22H20O4. The molecule has 2 aromatic carbocycles. The van der Waals surface area contributed by atoms with E-state index in [0.717, 1.165) is 11.1 Å². The topological polar surface area (TPSA) is 52.6 Å². The van der Waals surface area contributed by atoms with Crippen LogP contribution in [0.1, 0.15) is 35.3 Å².